The molecule has 3 nitrogen and oxygen atoms in total. The zero-order chi connectivity index (χ0) is 13.2. The highest BCUT2D eigenvalue weighted by atomic mass is 35.5. The monoisotopic (exact) mass is 268 g/mol. The molecule has 3 unspecified atom stereocenters. The number of hydrogen-bond acceptors (Lipinski definition) is 2. The number of hydrogen-bond donors (Lipinski definition) is 2. The van der Waals surface area contributed by atoms with Crippen LogP contribution in [0, 0.1) is 5.92 Å². The van der Waals surface area contributed by atoms with E-state index in [0.29, 0.717) is 12.0 Å². The molecule has 1 aromatic carbocycles. The largest absolute Gasteiger partial charge is 0.479 e. The number of benzene rings is 1. The van der Waals surface area contributed by atoms with E-state index in [0.717, 1.165) is 19.3 Å². The smallest absolute Gasteiger partial charge is 0.340 e. The molecule has 3 atom stereocenters. The summed E-state index contributed by atoms with van der Waals surface area (Å²) in [5, 5.41) is 19.8. The summed E-state index contributed by atoms with van der Waals surface area (Å²) in [6.07, 6.45) is 3.31. The molecule has 1 aliphatic rings. The zero-order valence-corrected chi connectivity index (χ0v) is 10.8. The van der Waals surface area contributed by atoms with E-state index in [2.05, 4.69) is 0 Å². The van der Waals surface area contributed by atoms with E-state index in [4.69, 9.17) is 11.6 Å². The second-order valence-corrected chi connectivity index (χ2v) is 5.41. The summed E-state index contributed by atoms with van der Waals surface area (Å²) in [6, 6.07) is 8.55. The van der Waals surface area contributed by atoms with Crippen molar-refractivity contribution in [3.05, 3.63) is 35.9 Å². The summed E-state index contributed by atoms with van der Waals surface area (Å²) in [5.41, 5.74) is -1.47. The Bertz CT molecular complexity index is 420. The molecule has 1 fully saturated rings. The van der Waals surface area contributed by atoms with Gasteiger partial charge >= 0.3 is 5.97 Å². The van der Waals surface area contributed by atoms with Crippen LogP contribution in [0.4, 0.5) is 0 Å². The predicted molar refractivity (Wildman–Crippen MR) is 69.6 cm³/mol. The number of halogens is 1. The van der Waals surface area contributed by atoms with E-state index in [1.807, 2.05) is 0 Å². The van der Waals surface area contributed by atoms with Gasteiger partial charge < -0.3 is 10.2 Å². The topological polar surface area (TPSA) is 57.5 Å². The second-order valence-electron chi connectivity index (χ2n) is 4.84. The molecule has 0 saturated heterocycles. The first kappa shape index (κ1) is 13.4. The van der Waals surface area contributed by atoms with Crippen LogP contribution < -0.4 is 0 Å². The summed E-state index contributed by atoms with van der Waals surface area (Å²) in [6.45, 7) is 0. The van der Waals surface area contributed by atoms with Gasteiger partial charge in [0.15, 0.2) is 5.60 Å². The number of aliphatic carboxylic acids is 1. The Hall–Kier alpha value is -1.06. The van der Waals surface area contributed by atoms with Gasteiger partial charge in [0, 0.05) is 11.3 Å². The van der Waals surface area contributed by atoms with Gasteiger partial charge in [-0.15, -0.1) is 11.6 Å². The fourth-order valence-corrected chi connectivity index (χ4v) is 3.21. The van der Waals surface area contributed by atoms with Crippen LogP contribution in [-0.2, 0) is 10.4 Å². The van der Waals surface area contributed by atoms with Crippen LogP contribution in [0.2, 0.25) is 0 Å². The SMILES string of the molecule is O=C(O)C(O)(c1ccccc1)C1CCCCC1Cl. The number of rotatable bonds is 3. The second kappa shape index (κ2) is 5.29. The number of carbonyl (C=O) groups is 1. The molecule has 1 aliphatic carbocycles. The van der Waals surface area contributed by atoms with Crippen LogP contribution in [0.3, 0.4) is 0 Å². The quantitative estimate of drug-likeness (QED) is 0.829. The molecule has 0 spiro atoms. The lowest BCUT2D eigenvalue weighted by atomic mass is 9.73. The third kappa shape index (κ3) is 2.25. The van der Waals surface area contributed by atoms with Crippen LogP contribution in [0.1, 0.15) is 31.2 Å². The first-order valence-corrected chi connectivity index (χ1v) is 6.66. The van der Waals surface area contributed by atoms with Gasteiger partial charge in [0.2, 0.25) is 0 Å². The van der Waals surface area contributed by atoms with Crippen molar-refractivity contribution >= 4 is 17.6 Å². The van der Waals surface area contributed by atoms with Gasteiger partial charge in [-0.1, -0.05) is 43.2 Å². The highest BCUT2D eigenvalue weighted by Gasteiger charge is 2.49. The minimum absolute atomic E-state index is 0.292. The Morgan fingerprint density at radius 1 is 1.22 bits per heavy atom. The molecule has 0 amide bonds. The van der Waals surface area contributed by atoms with Gasteiger partial charge in [-0.2, -0.15) is 0 Å². The molecule has 0 aromatic heterocycles. The lowest BCUT2D eigenvalue weighted by Crippen LogP contribution is -2.47. The van der Waals surface area contributed by atoms with Crippen molar-refractivity contribution < 1.29 is 15.0 Å². The van der Waals surface area contributed by atoms with Gasteiger partial charge in [0.05, 0.1) is 0 Å². The fourth-order valence-electron chi connectivity index (χ4n) is 2.74. The molecule has 0 radical (unpaired) electrons. The summed E-state index contributed by atoms with van der Waals surface area (Å²) in [4.78, 5) is 11.6. The van der Waals surface area contributed by atoms with Crippen LogP contribution in [0.25, 0.3) is 0 Å². The maximum atomic E-state index is 11.6. The van der Waals surface area contributed by atoms with Gasteiger partial charge in [-0.25, -0.2) is 4.79 Å². The average molecular weight is 269 g/mol. The molecule has 2 N–H and O–H groups in total. The van der Waals surface area contributed by atoms with Gasteiger partial charge in [-0.3, -0.25) is 0 Å². The number of carboxylic acids is 1. The predicted octanol–water partition coefficient (Wildman–Crippen LogP) is 2.76. The van der Waals surface area contributed by atoms with E-state index < -0.39 is 17.5 Å². The van der Waals surface area contributed by atoms with Gasteiger partial charge in [-0.05, 0) is 18.4 Å². The normalized spacial score (nSPS) is 27.4. The van der Waals surface area contributed by atoms with Crippen LogP contribution in [-0.4, -0.2) is 21.6 Å². The summed E-state index contributed by atoms with van der Waals surface area (Å²) in [5.74, 6) is -1.65. The van der Waals surface area contributed by atoms with Crippen molar-refractivity contribution in [2.45, 2.75) is 36.7 Å². The Balaban J connectivity index is 2.41. The highest BCUT2D eigenvalue weighted by molar-refractivity contribution is 6.21. The third-order valence-electron chi connectivity index (χ3n) is 3.76. The van der Waals surface area contributed by atoms with E-state index in [-0.39, 0.29) is 5.38 Å². The average Bonchev–Trinajstić information content (AvgIpc) is 2.39. The lowest BCUT2D eigenvalue weighted by molar-refractivity contribution is -0.168. The van der Waals surface area contributed by atoms with Gasteiger partial charge in [0.1, 0.15) is 0 Å². The molecule has 4 heteroatoms. The molecular formula is C14H17ClO3. The number of alkyl halides is 1. The van der Waals surface area contributed by atoms with Gasteiger partial charge in [0.25, 0.3) is 0 Å². The van der Waals surface area contributed by atoms with E-state index in [1.165, 1.54) is 0 Å². The van der Waals surface area contributed by atoms with Crippen molar-refractivity contribution in [2.24, 2.45) is 5.92 Å². The number of aliphatic hydroxyl groups is 1. The minimum atomic E-state index is -1.88. The minimum Gasteiger partial charge on any atom is -0.479 e. The first-order valence-electron chi connectivity index (χ1n) is 6.22. The zero-order valence-electron chi connectivity index (χ0n) is 10.1. The maximum absolute atomic E-state index is 11.6. The van der Waals surface area contributed by atoms with Crippen LogP contribution in [0.15, 0.2) is 30.3 Å². The van der Waals surface area contributed by atoms with Crippen molar-refractivity contribution in [3.8, 4) is 0 Å². The molecule has 98 valence electrons. The first-order chi connectivity index (χ1) is 8.56. The maximum Gasteiger partial charge on any atom is 0.340 e. The Kier molecular flexibility index (Phi) is 3.93. The Labute approximate surface area is 111 Å². The lowest BCUT2D eigenvalue weighted by Gasteiger charge is -2.38. The molecule has 0 aliphatic heterocycles. The van der Waals surface area contributed by atoms with E-state index in [1.54, 1.807) is 30.3 Å². The standard InChI is InChI=1S/C14H17ClO3/c15-12-9-5-4-8-11(12)14(18,13(16)17)10-6-2-1-3-7-10/h1-3,6-7,11-12,18H,4-5,8-9H2,(H,16,17). The highest BCUT2D eigenvalue weighted by Crippen LogP contribution is 2.42. The van der Waals surface area contributed by atoms with Crippen LogP contribution in [0.5, 0.6) is 0 Å². The molecular weight excluding hydrogens is 252 g/mol. The Morgan fingerprint density at radius 2 is 1.83 bits per heavy atom. The van der Waals surface area contributed by atoms with E-state index in [9.17, 15) is 15.0 Å². The molecule has 18 heavy (non-hydrogen) atoms. The molecule has 0 heterocycles. The van der Waals surface area contributed by atoms with Crippen molar-refractivity contribution in [3.63, 3.8) is 0 Å². The van der Waals surface area contributed by atoms with Crippen molar-refractivity contribution in [1.29, 1.82) is 0 Å². The van der Waals surface area contributed by atoms with E-state index >= 15 is 0 Å². The molecule has 1 saturated carbocycles. The van der Waals surface area contributed by atoms with Crippen molar-refractivity contribution in [2.75, 3.05) is 0 Å². The Morgan fingerprint density at radius 3 is 2.39 bits per heavy atom. The molecule has 2 rings (SSSR count). The van der Waals surface area contributed by atoms with Crippen LogP contribution >= 0.6 is 11.6 Å². The third-order valence-corrected chi connectivity index (χ3v) is 4.28. The number of carboxylic acid groups (broad SMARTS) is 1. The summed E-state index contributed by atoms with van der Waals surface area (Å²) >= 11 is 6.24. The summed E-state index contributed by atoms with van der Waals surface area (Å²) < 4.78 is 0. The van der Waals surface area contributed by atoms with Crippen molar-refractivity contribution in [1.82, 2.24) is 0 Å². The molecule has 1 aromatic rings. The summed E-state index contributed by atoms with van der Waals surface area (Å²) in [7, 11) is 0. The fraction of sp³-hybridized carbons (Fsp3) is 0.500. The molecule has 0 bridgehead atoms.